The van der Waals surface area contributed by atoms with Gasteiger partial charge in [0.1, 0.15) is 0 Å². The number of aromatic nitrogens is 1. The maximum absolute atomic E-state index is 9.93. The summed E-state index contributed by atoms with van der Waals surface area (Å²) in [5, 5.41) is 8.18. The molecule has 0 radical (unpaired) electrons. The van der Waals surface area contributed by atoms with Crippen LogP contribution in [0.15, 0.2) is 24.5 Å². The van der Waals surface area contributed by atoms with Crippen molar-refractivity contribution >= 4 is 5.97 Å². The van der Waals surface area contributed by atoms with Gasteiger partial charge in [-0.25, -0.2) is 0 Å². The van der Waals surface area contributed by atoms with Crippen molar-refractivity contribution in [1.29, 1.82) is 0 Å². The van der Waals surface area contributed by atoms with Crippen LogP contribution in [0.3, 0.4) is 0 Å². The Morgan fingerprint density at radius 1 is 1.63 bits per heavy atom. The molecule has 2 heterocycles. The summed E-state index contributed by atoms with van der Waals surface area (Å²) in [7, 11) is 2.19. The highest BCUT2D eigenvalue weighted by Gasteiger charge is 2.21. The minimum Gasteiger partial charge on any atom is -0.481 e. The smallest absolute Gasteiger partial charge is 0.306 e. The first-order valence-electron chi connectivity index (χ1n) is 6.89. The molecular formula is C15H24N2O2. The molecular weight excluding hydrogens is 240 g/mol. The molecule has 19 heavy (non-hydrogen) atoms. The highest BCUT2D eigenvalue weighted by Crippen LogP contribution is 2.29. The topological polar surface area (TPSA) is 53.4 Å². The Kier molecular flexibility index (Phi) is 6.50. The molecule has 0 saturated carbocycles. The minimum atomic E-state index is -0.706. The van der Waals surface area contributed by atoms with Gasteiger partial charge in [0.15, 0.2) is 0 Å². The molecule has 1 aliphatic rings. The standard InChI is InChI=1S/C10H14N2.C5H10O2/c1-12-7-3-5-10(12)9-4-2-6-11-8-9;1-3-4(2)5(6)7/h2,4,6,8,10H,3,5,7H2,1H3;4H,3H2,1-2H3,(H,6,7). The van der Waals surface area contributed by atoms with Crippen molar-refractivity contribution < 1.29 is 9.90 Å². The molecule has 2 atom stereocenters. The Labute approximate surface area is 115 Å². The second-order valence-corrected chi connectivity index (χ2v) is 5.07. The van der Waals surface area contributed by atoms with Crippen LogP contribution in [0.4, 0.5) is 0 Å². The van der Waals surface area contributed by atoms with E-state index < -0.39 is 5.97 Å². The van der Waals surface area contributed by atoms with E-state index in [9.17, 15) is 4.79 Å². The molecule has 106 valence electrons. The van der Waals surface area contributed by atoms with E-state index in [1.54, 1.807) is 6.92 Å². The molecule has 2 rings (SSSR count). The molecule has 0 amide bonds. The molecule has 4 heteroatoms. The quantitative estimate of drug-likeness (QED) is 0.912. The van der Waals surface area contributed by atoms with Gasteiger partial charge in [-0.2, -0.15) is 0 Å². The molecule has 1 saturated heterocycles. The van der Waals surface area contributed by atoms with Crippen molar-refractivity contribution in [2.75, 3.05) is 13.6 Å². The maximum Gasteiger partial charge on any atom is 0.306 e. The second kappa shape index (κ2) is 7.89. The van der Waals surface area contributed by atoms with Gasteiger partial charge in [0.2, 0.25) is 0 Å². The first kappa shape index (κ1) is 15.6. The van der Waals surface area contributed by atoms with Gasteiger partial charge in [-0.15, -0.1) is 0 Å². The second-order valence-electron chi connectivity index (χ2n) is 5.07. The Bertz CT molecular complexity index is 381. The van der Waals surface area contributed by atoms with E-state index in [0.717, 1.165) is 6.42 Å². The third kappa shape index (κ3) is 4.99. The van der Waals surface area contributed by atoms with E-state index in [-0.39, 0.29) is 5.92 Å². The SMILES string of the molecule is CCC(C)C(=O)O.CN1CCCC1c1cccnc1. The number of hydrogen-bond acceptors (Lipinski definition) is 3. The van der Waals surface area contributed by atoms with Crippen molar-refractivity contribution in [1.82, 2.24) is 9.88 Å². The molecule has 1 aromatic rings. The fourth-order valence-electron chi connectivity index (χ4n) is 2.08. The number of hydrogen-bond donors (Lipinski definition) is 1. The van der Waals surface area contributed by atoms with Crippen LogP contribution >= 0.6 is 0 Å². The molecule has 1 aliphatic heterocycles. The lowest BCUT2D eigenvalue weighted by Crippen LogP contribution is -2.17. The van der Waals surface area contributed by atoms with Gasteiger partial charge < -0.3 is 5.11 Å². The zero-order valence-electron chi connectivity index (χ0n) is 12.0. The van der Waals surface area contributed by atoms with E-state index in [4.69, 9.17) is 5.11 Å². The fourth-order valence-corrected chi connectivity index (χ4v) is 2.08. The predicted molar refractivity (Wildman–Crippen MR) is 75.9 cm³/mol. The third-order valence-corrected chi connectivity index (χ3v) is 3.62. The van der Waals surface area contributed by atoms with E-state index in [2.05, 4.69) is 23.0 Å². The van der Waals surface area contributed by atoms with Crippen LogP contribution in [-0.4, -0.2) is 34.6 Å². The summed E-state index contributed by atoms with van der Waals surface area (Å²) >= 11 is 0. The summed E-state index contributed by atoms with van der Waals surface area (Å²) < 4.78 is 0. The largest absolute Gasteiger partial charge is 0.481 e. The van der Waals surface area contributed by atoms with Crippen LogP contribution in [0.2, 0.25) is 0 Å². The third-order valence-electron chi connectivity index (χ3n) is 3.62. The first-order chi connectivity index (χ1) is 9.06. The number of aliphatic carboxylic acids is 1. The molecule has 1 aromatic heterocycles. The monoisotopic (exact) mass is 264 g/mol. The number of carboxylic acid groups (broad SMARTS) is 1. The van der Waals surface area contributed by atoms with Crippen molar-refractivity contribution in [3.63, 3.8) is 0 Å². The van der Waals surface area contributed by atoms with Crippen molar-refractivity contribution in [3.05, 3.63) is 30.1 Å². The number of rotatable bonds is 3. The lowest BCUT2D eigenvalue weighted by molar-refractivity contribution is -0.141. The lowest BCUT2D eigenvalue weighted by atomic mass is 10.1. The summed E-state index contributed by atoms with van der Waals surface area (Å²) in [6, 6.07) is 4.79. The van der Waals surface area contributed by atoms with Gasteiger partial charge in [-0.1, -0.05) is 19.9 Å². The molecule has 0 aliphatic carbocycles. The zero-order chi connectivity index (χ0) is 14.3. The first-order valence-corrected chi connectivity index (χ1v) is 6.89. The fraction of sp³-hybridized carbons (Fsp3) is 0.600. The lowest BCUT2D eigenvalue weighted by Gasteiger charge is -2.18. The summed E-state index contributed by atoms with van der Waals surface area (Å²) in [6.07, 6.45) is 7.12. The number of carboxylic acids is 1. The van der Waals surface area contributed by atoms with E-state index in [1.165, 1.54) is 24.9 Å². The number of carbonyl (C=O) groups is 1. The average Bonchev–Trinajstić information content (AvgIpc) is 2.85. The Hall–Kier alpha value is -1.42. The van der Waals surface area contributed by atoms with E-state index in [0.29, 0.717) is 6.04 Å². The Morgan fingerprint density at radius 2 is 2.37 bits per heavy atom. The highest BCUT2D eigenvalue weighted by atomic mass is 16.4. The van der Waals surface area contributed by atoms with Crippen LogP contribution in [0.1, 0.15) is 44.7 Å². The summed E-state index contributed by atoms with van der Waals surface area (Å²) in [5.74, 6) is -0.887. The molecule has 0 aromatic carbocycles. The van der Waals surface area contributed by atoms with Crippen LogP contribution in [-0.2, 0) is 4.79 Å². The van der Waals surface area contributed by atoms with Gasteiger partial charge in [-0.05, 0) is 44.5 Å². The van der Waals surface area contributed by atoms with Gasteiger partial charge >= 0.3 is 5.97 Å². The highest BCUT2D eigenvalue weighted by molar-refractivity contribution is 5.69. The average molecular weight is 264 g/mol. The molecule has 2 unspecified atom stereocenters. The molecule has 4 nitrogen and oxygen atoms in total. The molecule has 0 bridgehead atoms. The molecule has 1 N–H and O–H groups in total. The van der Waals surface area contributed by atoms with Gasteiger partial charge in [0.05, 0.1) is 5.92 Å². The van der Waals surface area contributed by atoms with Crippen molar-refractivity contribution in [3.8, 4) is 0 Å². The van der Waals surface area contributed by atoms with Gasteiger partial charge in [0.25, 0.3) is 0 Å². The van der Waals surface area contributed by atoms with Crippen LogP contribution in [0, 0.1) is 5.92 Å². The Balaban J connectivity index is 0.000000224. The van der Waals surface area contributed by atoms with Crippen LogP contribution in [0.5, 0.6) is 0 Å². The maximum atomic E-state index is 9.93. The van der Waals surface area contributed by atoms with E-state index >= 15 is 0 Å². The summed E-state index contributed by atoms with van der Waals surface area (Å²) in [4.78, 5) is 16.5. The predicted octanol–water partition coefficient (Wildman–Crippen LogP) is 2.97. The van der Waals surface area contributed by atoms with Gasteiger partial charge in [-0.3, -0.25) is 14.7 Å². The van der Waals surface area contributed by atoms with Crippen LogP contribution < -0.4 is 0 Å². The van der Waals surface area contributed by atoms with E-state index in [1.807, 2.05) is 25.4 Å². The molecule has 0 spiro atoms. The zero-order valence-corrected chi connectivity index (χ0v) is 12.0. The van der Waals surface area contributed by atoms with Crippen molar-refractivity contribution in [2.24, 2.45) is 5.92 Å². The normalized spacial score (nSPS) is 20.5. The number of nitrogens with zero attached hydrogens (tertiary/aromatic N) is 2. The van der Waals surface area contributed by atoms with Gasteiger partial charge in [0, 0.05) is 18.4 Å². The van der Waals surface area contributed by atoms with Crippen molar-refractivity contribution in [2.45, 2.75) is 39.2 Å². The summed E-state index contributed by atoms with van der Waals surface area (Å²) in [5.41, 5.74) is 1.36. The Morgan fingerprint density at radius 3 is 2.74 bits per heavy atom. The summed E-state index contributed by atoms with van der Waals surface area (Å²) in [6.45, 7) is 4.78. The number of likely N-dealkylation sites (tertiary alicyclic amines) is 1. The van der Waals surface area contributed by atoms with Crippen LogP contribution in [0.25, 0.3) is 0 Å². The number of pyridine rings is 1. The minimum absolute atomic E-state index is 0.181. The molecule has 1 fully saturated rings.